The summed E-state index contributed by atoms with van der Waals surface area (Å²) < 4.78 is 13.8. The molecule has 0 heterocycles. The molecule has 0 saturated carbocycles. The number of carboxylic acid groups (broad SMARTS) is 1. The van der Waals surface area contributed by atoms with E-state index in [1.54, 1.807) is 25.1 Å². The lowest BCUT2D eigenvalue weighted by Crippen LogP contribution is -2.07. The molecular weight excluding hydrogens is 231 g/mol. The number of rotatable bonds is 3. The molecule has 1 atom stereocenters. The normalized spacial score (nSPS) is 12.1. The van der Waals surface area contributed by atoms with Crippen molar-refractivity contribution in [3.8, 4) is 11.1 Å². The Bertz CT molecular complexity index is 564. The number of halogens is 1. The second-order valence-corrected chi connectivity index (χ2v) is 4.17. The Labute approximate surface area is 105 Å². The summed E-state index contributed by atoms with van der Waals surface area (Å²) in [7, 11) is 0. The third kappa shape index (κ3) is 2.40. The average molecular weight is 244 g/mol. The van der Waals surface area contributed by atoms with Crippen LogP contribution < -0.4 is 0 Å². The monoisotopic (exact) mass is 244 g/mol. The summed E-state index contributed by atoms with van der Waals surface area (Å²) in [6.07, 6.45) is 0. The lowest BCUT2D eigenvalue weighted by atomic mass is 9.96. The minimum absolute atomic E-state index is 0.345. The summed E-state index contributed by atoms with van der Waals surface area (Å²) in [5.41, 5.74) is 1.78. The maximum atomic E-state index is 13.8. The van der Waals surface area contributed by atoms with Crippen LogP contribution in [0.3, 0.4) is 0 Å². The van der Waals surface area contributed by atoms with Crippen LogP contribution in [0.4, 0.5) is 4.39 Å². The molecule has 0 amide bonds. The van der Waals surface area contributed by atoms with Gasteiger partial charge in [0.05, 0.1) is 5.92 Å². The molecule has 0 saturated heterocycles. The van der Waals surface area contributed by atoms with E-state index in [-0.39, 0.29) is 5.82 Å². The Kier molecular flexibility index (Phi) is 3.42. The third-order valence-electron chi connectivity index (χ3n) is 2.95. The Morgan fingerprint density at radius 3 is 2.44 bits per heavy atom. The van der Waals surface area contributed by atoms with Gasteiger partial charge in [-0.3, -0.25) is 4.79 Å². The van der Waals surface area contributed by atoms with Crippen LogP contribution in [-0.4, -0.2) is 11.1 Å². The SMILES string of the molecule is CC(C(=O)O)c1ccc(F)c(-c2ccccc2)c1. The van der Waals surface area contributed by atoms with Gasteiger partial charge in [0.25, 0.3) is 0 Å². The van der Waals surface area contributed by atoms with Crippen molar-refractivity contribution < 1.29 is 14.3 Å². The van der Waals surface area contributed by atoms with Gasteiger partial charge < -0.3 is 5.11 Å². The quantitative estimate of drug-likeness (QED) is 0.894. The Hall–Kier alpha value is -2.16. The van der Waals surface area contributed by atoms with E-state index in [9.17, 15) is 9.18 Å². The molecule has 2 rings (SSSR count). The highest BCUT2D eigenvalue weighted by Gasteiger charge is 2.15. The number of aliphatic carboxylic acids is 1. The smallest absolute Gasteiger partial charge is 0.310 e. The van der Waals surface area contributed by atoms with E-state index < -0.39 is 11.9 Å². The van der Waals surface area contributed by atoms with Crippen molar-refractivity contribution in [2.75, 3.05) is 0 Å². The van der Waals surface area contributed by atoms with E-state index in [0.29, 0.717) is 11.1 Å². The first-order valence-corrected chi connectivity index (χ1v) is 5.67. The van der Waals surface area contributed by atoms with Gasteiger partial charge in [0, 0.05) is 5.56 Å². The van der Waals surface area contributed by atoms with Crippen molar-refractivity contribution >= 4 is 5.97 Å². The van der Waals surface area contributed by atoms with Gasteiger partial charge in [-0.15, -0.1) is 0 Å². The number of carboxylic acids is 1. The summed E-state index contributed by atoms with van der Waals surface area (Å²) in [6, 6.07) is 13.5. The van der Waals surface area contributed by atoms with E-state index in [2.05, 4.69) is 0 Å². The fourth-order valence-corrected chi connectivity index (χ4v) is 1.79. The Morgan fingerprint density at radius 2 is 1.83 bits per heavy atom. The lowest BCUT2D eigenvalue weighted by molar-refractivity contribution is -0.138. The van der Waals surface area contributed by atoms with Gasteiger partial charge in [-0.2, -0.15) is 0 Å². The molecule has 0 spiro atoms. The largest absolute Gasteiger partial charge is 0.481 e. The molecule has 92 valence electrons. The van der Waals surface area contributed by atoms with Gasteiger partial charge >= 0.3 is 5.97 Å². The molecule has 0 bridgehead atoms. The first-order chi connectivity index (χ1) is 8.59. The zero-order valence-electron chi connectivity index (χ0n) is 9.93. The van der Waals surface area contributed by atoms with Crippen molar-refractivity contribution in [2.24, 2.45) is 0 Å². The van der Waals surface area contributed by atoms with Crippen LogP contribution in [-0.2, 0) is 4.79 Å². The van der Waals surface area contributed by atoms with Gasteiger partial charge in [-0.1, -0.05) is 36.4 Å². The van der Waals surface area contributed by atoms with Crippen LogP contribution in [0.1, 0.15) is 18.4 Å². The predicted octanol–water partition coefficient (Wildman–Crippen LogP) is 3.68. The minimum atomic E-state index is -0.916. The highest BCUT2D eigenvalue weighted by Crippen LogP contribution is 2.26. The van der Waals surface area contributed by atoms with E-state index in [0.717, 1.165) is 5.56 Å². The minimum Gasteiger partial charge on any atom is -0.481 e. The summed E-state index contributed by atoms with van der Waals surface area (Å²) in [4.78, 5) is 10.9. The molecule has 3 heteroatoms. The zero-order valence-corrected chi connectivity index (χ0v) is 9.93. The van der Waals surface area contributed by atoms with Gasteiger partial charge in [0.2, 0.25) is 0 Å². The molecule has 2 aromatic carbocycles. The molecule has 0 aromatic heterocycles. The van der Waals surface area contributed by atoms with Crippen molar-refractivity contribution in [1.29, 1.82) is 0 Å². The van der Waals surface area contributed by atoms with E-state index in [1.165, 1.54) is 12.1 Å². The summed E-state index contributed by atoms with van der Waals surface area (Å²) >= 11 is 0. The third-order valence-corrected chi connectivity index (χ3v) is 2.95. The fourth-order valence-electron chi connectivity index (χ4n) is 1.79. The number of benzene rings is 2. The summed E-state index contributed by atoms with van der Waals surface area (Å²) in [6.45, 7) is 1.59. The number of carbonyl (C=O) groups is 1. The first kappa shape index (κ1) is 12.3. The van der Waals surface area contributed by atoms with Crippen molar-refractivity contribution in [2.45, 2.75) is 12.8 Å². The molecule has 18 heavy (non-hydrogen) atoms. The highest BCUT2D eigenvalue weighted by molar-refractivity contribution is 5.77. The van der Waals surface area contributed by atoms with E-state index >= 15 is 0 Å². The summed E-state index contributed by atoms with van der Waals surface area (Å²) in [5.74, 6) is -1.91. The van der Waals surface area contributed by atoms with Crippen LogP contribution in [0.15, 0.2) is 48.5 Å². The maximum Gasteiger partial charge on any atom is 0.310 e. The number of hydrogen-bond donors (Lipinski definition) is 1. The lowest BCUT2D eigenvalue weighted by Gasteiger charge is -2.10. The first-order valence-electron chi connectivity index (χ1n) is 5.67. The van der Waals surface area contributed by atoms with Crippen LogP contribution in [0.25, 0.3) is 11.1 Å². The Morgan fingerprint density at radius 1 is 1.17 bits per heavy atom. The van der Waals surface area contributed by atoms with Crippen molar-refractivity contribution in [1.82, 2.24) is 0 Å². The van der Waals surface area contributed by atoms with Crippen molar-refractivity contribution in [3.63, 3.8) is 0 Å². The van der Waals surface area contributed by atoms with Crippen LogP contribution in [0.2, 0.25) is 0 Å². The average Bonchev–Trinajstić information content (AvgIpc) is 2.39. The topological polar surface area (TPSA) is 37.3 Å². The van der Waals surface area contributed by atoms with Crippen molar-refractivity contribution in [3.05, 3.63) is 59.9 Å². The van der Waals surface area contributed by atoms with Gasteiger partial charge in [0.15, 0.2) is 0 Å². The molecule has 2 aromatic rings. The molecule has 0 aliphatic carbocycles. The van der Waals surface area contributed by atoms with Gasteiger partial charge in [0.1, 0.15) is 5.82 Å². The van der Waals surface area contributed by atoms with Crippen LogP contribution >= 0.6 is 0 Å². The van der Waals surface area contributed by atoms with Crippen LogP contribution in [0.5, 0.6) is 0 Å². The zero-order chi connectivity index (χ0) is 13.1. The van der Waals surface area contributed by atoms with E-state index in [1.807, 2.05) is 18.2 Å². The fraction of sp³-hybridized carbons (Fsp3) is 0.133. The van der Waals surface area contributed by atoms with E-state index in [4.69, 9.17) is 5.11 Å². The highest BCUT2D eigenvalue weighted by atomic mass is 19.1. The molecule has 0 radical (unpaired) electrons. The standard InChI is InChI=1S/C15H13FO2/c1-10(15(17)18)12-7-8-14(16)13(9-12)11-5-3-2-4-6-11/h2-10H,1H3,(H,17,18). The predicted molar refractivity (Wildman–Crippen MR) is 67.9 cm³/mol. The maximum absolute atomic E-state index is 13.8. The molecule has 0 aliphatic heterocycles. The van der Waals surface area contributed by atoms with Gasteiger partial charge in [-0.25, -0.2) is 4.39 Å². The summed E-state index contributed by atoms with van der Waals surface area (Å²) in [5, 5.41) is 8.97. The molecule has 0 aliphatic rings. The molecule has 0 fully saturated rings. The number of hydrogen-bond acceptors (Lipinski definition) is 1. The Balaban J connectivity index is 2.49. The van der Waals surface area contributed by atoms with Crippen LogP contribution in [0, 0.1) is 5.82 Å². The molecule has 1 unspecified atom stereocenters. The molecular formula is C15H13FO2. The van der Waals surface area contributed by atoms with Gasteiger partial charge in [-0.05, 0) is 30.2 Å². The second-order valence-electron chi connectivity index (χ2n) is 4.17. The molecule has 1 N–H and O–H groups in total. The molecule has 2 nitrogen and oxygen atoms in total. The second kappa shape index (κ2) is 5.00.